The number of aromatic nitrogens is 1. The predicted molar refractivity (Wildman–Crippen MR) is 51.0 cm³/mol. The van der Waals surface area contributed by atoms with E-state index in [1.165, 1.54) is 0 Å². The highest BCUT2D eigenvalue weighted by atomic mass is 16.4. The summed E-state index contributed by atoms with van der Waals surface area (Å²) < 4.78 is 5.34. The van der Waals surface area contributed by atoms with Crippen molar-refractivity contribution in [2.24, 2.45) is 0 Å². The van der Waals surface area contributed by atoms with Crippen LogP contribution in [0, 0.1) is 6.92 Å². The van der Waals surface area contributed by atoms with E-state index in [0.29, 0.717) is 0 Å². The Kier molecular flexibility index (Phi) is 2.00. The summed E-state index contributed by atoms with van der Waals surface area (Å²) in [5.41, 5.74) is 0. The lowest BCUT2D eigenvalue weighted by Gasteiger charge is -1.99. The largest absolute Gasteiger partial charge is 0.446 e. The highest BCUT2D eigenvalue weighted by molar-refractivity contribution is 5.49. The van der Waals surface area contributed by atoms with Gasteiger partial charge in [0.15, 0.2) is 5.88 Å². The van der Waals surface area contributed by atoms with Crippen molar-refractivity contribution in [1.82, 2.24) is 4.98 Å². The van der Waals surface area contributed by atoms with Gasteiger partial charge >= 0.3 is 0 Å². The second kappa shape index (κ2) is 3.31. The van der Waals surface area contributed by atoms with Crippen LogP contribution >= 0.6 is 0 Å². The lowest BCUT2D eigenvalue weighted by atomic mass is 10.4. The fourth-order valence-electron chi connectivity index (χ4n) is 1.06. The minimum Gasteiger partial charge on any atom is -0.446 e. The van der Waals surface area contributed by atoms with Gasteiger partial charge in [-0.15, -0.1) is 0 Å². The van der Waals surface area contributed by atoms with Crippen molar-refractivity contribution in [2.45, 2.75) is 6.92 Å². The van der Waals surface area contributed by atoms with Crippen LogP contribution in [0.5, 0.6) is 0 Å². The van der Waals surface area contributed by atoms with E-state index in [4.69, 9.17) is 4.42 Å². The Morgan fingerprint density at radius 3 is 2.77 bits per heavy atom. The number of anilines is 2. The molecule has 0 aliphatic heterocycles. The minimum atomic E-state index is 0.719. The van der Waals surface area contributed by atoms with Crippen LogP contribution in [0.15, 0.2) is 40.9 Å². The Bertz CT molecular complexity index is 381. The van der Waals surface area contributed by atoms with Crippen molar-refractivity contribution in [1.29, 1.82) is 0 Å². The molecule has 2 heterocycles. The molecule has 0 fully saturated rings. The van der Waals surface area contributed by atoms with Gasteiger partial charge in [-0.05, 0) is 25.1 Å². The molecule has 1 N–H and O–H groups in total. The van der Waals surface area contributed by atoms with Gasteiger partial charge in [0.1, 0.15) is 11.6 Å². The van der Waals surface area contributed by atoms with Crippen LogP contribution in [0.3, 0.4) is 0 Å². The number of furan rings is 1. The molecule has 13 heavy (non-hydrogen) atoms. The summed E-state index contributed by atoms with van der Waals surface area (Å²) in [6, 6.07) is 9.47. The molecule has 0 aliphatic carbocycles. The first-order valence-corrected chi connectivity index (χ1v) is 4.09. The third kappa shape index (κ3) is 1.87. The van der Waals surface area contributed by atoms with E-state index in [0.717, 1.165) is 17.5 Å². The fraction of sp³-hybridized carbons (Fsp3) is 0.100. The van der Waals surface area contributed by atoms with Crippen LogP contribution in [0.4, 0.5) is 11.7 Å². The van der Waals surface area contributed by atoms with Gasteiger partial charge in [-0.25, -0.2) is 4.98 Å². The monoisotopic (exact) mass is 174 g/mol. The second-order valence-electron chi connectivity index (χ2n) is 2.75. The zero-order valence-electron chi connectivity index (χ0n) is 7.32. The smallest absolute Gasteiger partial charge is 0.198 e. The van der Waals surface area contributed by atoms with E-state index < -0.39 is 0 Å². The average molecular weight is 174 g/mol. The van der Waals surface area contributed by atoms with Crippen LogP contribution < -0.4 is 5.32 Å². The Hall–Kier alpha value is -1.77. The molecule has 0 saturated heterocycles. The normalized spacial score (nSPS) is 9.92. The summed E-state index contributed by atoms with van der Waals surface area (Å²) in [7, 11) is 0. The summed E-state index contributed by atoms with van der Waals surface area (Å²) in [6.45, 7) is 1.91. The molecule has 2 aromatic rings. The number of aryl methyl sites for hydroxylation is 1. The molecular weight excluding hydrogens is 164 g/mol. The summed E-state index contributed by atoms with van der Waals surface area (Å²) in [4.78, 5) is 4.11. The summed E-state index contributed by atoms with van der Waals surface area (Å²) in [5.74, 6) is 2.39. The van der Waals surface area contributed by atoms with E-state index in [1.54, 1.807) is 6.20 Å². The Balaban J connectivity index is 2.15. The molecule has 0 bridgehead atoms. The maximum atomic E-state index is 5.34. The third-order valence-corrected chi connectivity index (χ3v) is 1.66. The topological polar surface area (TPSA) is 38.1 Å². The highest BCUT2D eigenvalue weighted by Crippen LogP contribution is 2.16. The zero-order chi connectivity index (χ0) is 9.10. The van der Waals surface area contributed by atoms with Crippen LogP contribution in [-0.2, 0) is 0 Å². The average Bonchev–Trinajstić information content (AvgIpc) is 2.53. The van der Waals surface area contributed by atoms with Crippen LogP contribution in [-0.4, -0.2) is 4.98 Å². The van der Waals surface area contributed by atoms with E-state index in [-0.39, 0.29) is 0 Å². The molecule has 2 aromatic heterocycles. The summed E-state index contributed by atoms with van der Waals surface area (Å²) >= 11 is 0. The van der Waals surface area contributed by atoms with Crippen molar-refractivity contribution < 1.29 is 4.42 Å². The Morgan fingerprint density at radius 2 is 2.15 bits per heavy atom. The second-order valence-corrected chi connectivity index (χ2v) is 2.75. The van der Waals surface area contributed by atoms with Crippen molar-refractivity contribution in [2.75, 3.05) is 5.32 Å². The molecule has 3 heteroatoms. The van der Waals surface area contributed by atoms with Crippen LogP contribution in [0.2, 0.25) is 0 Å². The quantitative estimate of drug-likeness (QED) is 0.760. The molecule has 0 spiro atoms. The molecule has 0 saturated carbocycles. The Morgan fingerprint density at radius 1 is 1.23 bits per heavy atom. The standard InChI is InChI=1S/C10H10N2O/c1-8-5-6-10(13-8)12-9-4-2-3-7-11-9/h2-7H,1H3,(H,11,12). The van der Waals surface area contributed by atoms with E-state index in [1.807, 2.05) is 37.3 Å². The van der Waals surface area contributed by atoms with Gasteiger partial charge in [-0.3, -0.25) is 0 Å². The Labute approximate surface area is 76.4 Å². The van der Waals surface area contributed by atoms with Gasteiger partial charge < -0.3 is 9.73 Å². The predicted octanol–water partition coefficient (Wildman–Crippen LogP) is 2.73. The number of hydrogen-bond acceptors (Lipinski definition) is 3. The van der Waals surface area contributed by atoms with E-state index >= 15 is 0 Å². The molecular formula is C10H10N2O. The summed E-state index contributed by atoms with van der Waals surface area (Å²) in [6.07, 6.45) is 1.73. The van der Waals surface area contributed by atoms with Crippen LogP contribution in [0.25, 0.3) is 0 Å². The lowest BCUT2D eigenvalue weighted by molar-refractivity contribution is 0.551. The molecule has 0 unspecified atom stereocenters. The van der Waals surface area contributed by atoms with Gasteiger partial charge in [0.2, 0.25) is 0 Å². The molecule has 0 aromatic carbocycles. The van der Waals surface area contributed by atoms with Crippen molar-refractivity contribution >= 4 is 11.7 Å². The van der Waals surface area contributed by atoms with Gasteiger partial charge in [0.05, 0.1) is 0 Å². The maximum absolute atomic E-state index is 5.34. The van der Waals surface area contributed by atoms with E-state index in [2.05, 4.69) is 10.3 Å². The van der Waals surface area contributed by atoms with Gasteiger partial charge in [0.25, 0.3) is 0 Å². The van der Waals surface area contributed by atoms with Gasteiger partial charge in [-0.2, -0.15) is 0 Å². The van der Waals surface area contributed by atoms with Crippen molar-refractivity contribution in [3.05, 3.63) is 42.3 Å². The third-order valence-electron chi connectivity index (χ3n) is 1.66. The highest BCUT2D eigenvalue weighted by Gasteiger charge is 1.97. The first-order valence-electron chi connectivity index (χ1n) is 4.09. The molecule has 0 atom stereocenters. The number of nitrogens with one attached hydrogen (secondary N) is 1. The molecule has 0 aliphatic rings. The van der Waals surface area contributed by atoms with E-state index in [9.17, 15) is 0 Å². The fourth-order valence-corrected chi connectivity index (χ4v) is 1.06. The molecule has 66 valence electrons. The number of rotatable bonds is 2. The molecule has 2 rings (SSSR count). The SMILES string of the molecule is Cc1ccc(Nc2ccccn2)o1. The van der Waals surface area contributed by atoms with Gasteiger partial charge in [0, 0.05) is 12.3 Å². The van der Waals surface area contributed by atoms with Crippen molar-refractivity contribution in [3.8, 4) is 0 Å². The zero-order valence-corrected chi connectivity index (χ0v) is 7.32. The van der Waals surface area contributed by atoms with Gasteiger partial charge in [-0.1, -0.05) is 6.07 Å². The maximum Gasteiger partial charge on any atom is 0.198 e. The molecule has 0 amide bonds. The van der Waals surface area contributed by atoms with Crippen LogP contribution in [0.1, 0.15) is 5.76 Å². The van der Waals surface area contributed by atoms with Crippen molar-refractivity contribution in [3.63, 3.8) is 0 Å². The molecule has 3 nitrogen and oxygen atoms in total. The number of pyridine rings is 1. The number of nitrogens with zero attached hydrogens (tertiary/aromatic N) is 1. The summed E-state index contributed by atoms with van der Waals surface area (Å²) in [5, 5.41) is 3.05. The first kappa shape index (κ1) is 7.86. The lowest BCUT2D eigenvalue weighted by Crippen LogP contribution is -1.89. The first-order chi connectivity index (χ1) is 6.34. The molecule has 0 radical (unpaired) electrons. The number of hydrogen-bond donors (Lipinski definition) is 1. The minimum absolute atomic E-state index is 0.719.